The average molecular weight is 425 g/mol. The first kappa shape index (κ1) is 27.9. The standard InChI is InChI=1S/C13H16O2.C7H12O2.C7H8/c1-2-3-11-15-13(14)10-9-12-7-5-4-6-8-12;1-3-5-6-9-7(8)4-2;1-7-5-3-2-4-6-7/h4-10H,2-3,11H2,1H3;4H,2-3,5-6H2,1H3;2-6H,1H3/b10-9+;;. The van der Waals surface area contributed by atoms with E-state index < -0.39 is 0 Å². The van der Waals surface area contributed by atoms with E-state index in [1.807, 2.05) is 55.5 Å². The van der Waals surface area contributed by atoms with Crippen molar-refractivity contribution in [3.8, 4) is 0 Å². The van der Waals surface area contributed by atoms with Crippen LogP contribution >= 0.6 is 0 Å². The molecule has 0 aliphatic carbocycles. The maximum atomic E-state index is 11.2. The van der Waals surface area contributed by atoms with E-state index in [0.29, 0.717) is 13.2 Å². The second-order valence-electron chi connectivity index (χ2n) is 6.64. The zero-order chi connectivity index (χ0) is 23.2. The Bertz CT molecular complexity index is 736. The summed E-state index contributed by atoms with van der Waals surface area (Å²) in [5, 5.41) is 0. The molecule has 0 unspecified atom stereocenters. The number of carbonyl (C=O) groups is 2. The van der Waals surface area contributed by atoms with Crippen LogP contribution in [0.5, 0.6) is 0 Å². The van der Waals surface area contributed by atoms with Gasteiger partial charge in [-0.25, -0.2) is 9.59 Å². The molecule has 0 aliphatic heterocycles. The smallest absolute Gasteiger partial charge is 0.330 e. The summed E-state index contributed by atoms with van der Waals surface area (Å²) in [5.41, 5.74) is 2.33. The molecule has 2 rings (SSSR count). The summed E-state index contributed by atoms with van der Waals surface area (Å²) in [5.74, 6) is -0.601. The molecule has 0 radical (unpaired) electrons. The third kappa shape index (κ3) is 18.6. The summed E-state index contributed by atoms with van der Waals surface area (Å²) < 4.78 is 9.65. The van der Waals surface area contributed by atoms with Crippen LogP contribution in [0.25, 0.3) is 6.08 Å². The third-order valence-corrected chi connectivity index (χ3v) is 3.80. The minimum absolute atomic E-state index is 0.271. The summed E-state index contributed by atoms with van der Waals surface area (Å²) in [4.78, 5) is 21.5. The Balaban J connectivity index is 0.000000478. The van der Waals surface area contributed by atoms with Crippen molar-refractivity contribution in [3.63, 3.8) is 0 Å². The van der Waals surface area contributed by atoms with Crippen molar-refractivity contribution in [1.82, 2.24) is 0 Å². The fourth-order valence-corrected chi connectivity index (χ4v) is 2.00. The van der Waals surface area contributed by atoms with Crippen molar-refractivity contribution >= 4 is 18.0 Å². The lowest BCUT2D eigenvalue weighted by Crippen LogP contribution is -2.01. The molecule has 0 atom stereocenters. The van der Waals surface area contributed by atoms with E-state index in [0.717, 1.165) is 31.2 Å². The van der Waals surface area contributed by atoms with Crippen LogP contribution in [0.4, 0.5) is 0 Å². The van der Waals surface area contributed by atoms with Crippen LogP contribution in [-0.2, 0) is 19.1 Å². The molecule has 31 heavy (non-hydrogen) atoms. The highest BCUT2D eigenvalue weighted by Crippen LogP contribution is 2.01. The van der Waals surface area contributed by atoms with E-state index in [-0.39, 0.29) is 11.9 Å². The monoisotopic (exact) mass is 424 g/mol. The fraction of sp³-hybridized carbons (Fsp3) is 0.333. The first-order valence-corrected chi connectivity index (χ1v) is 10.7. The van der Waals surface area contributed by atoms with Gasteiger partial charge >= 0.3 is 11.9 Å². The van der Waals surface area contributed by atoms with Crippen LogP contribution < -0.4 is 0 Å². The summed E-state index contributed by atoms with van der Waals surface area (Å²) in [6, 6.07) is 19.9. The lowest BCUT2D eigenvalue weighted by atomic mass is 10.2. The van der Waals surface area contributed by atoms with Crippen molar-refractivity contribution in [3.05, 3.63) is 90.5 Å². The summed E-state index contributed by atoms with van der Waals surface area (Å²) in [6.07, 6.45) is 8.33. The molecule has 0 aromatic heterocycles. The lowest BCUT2D eigenvalue weighted by Gasteiger charge is -1.98. The summed E-state index contributed by atoms with van der Waals surface area (Å²) in [6.45, 7) is 10.5. The number of unbranched alkanes of at least 4 members (excludes halogenated alkanes) is 2. The van der Waals surface area contributed by atoms with Gasteiger partial charge in [0, 0.05) is 12.2 Å². The van der Waals surface area contributed by atoms with Gasteiger partial charge in [0.2, 0.25) is 0 Å². The Morgan fingerprint density at radius 2 is 1.29 bits per heavy atom. The van der Waals surface area contributed by atoms with E-state index >= 15 is 0 Å². The molecule has 0 saturated carbocycles. The lowest BCUT2D eigenvalue weighted by molar-refractivity contribution is -0.138. The molecule has 0 spiro atoms. The Labute approximate surface area is 187 Å². The minimum atomic E-state index is -0.330. The van der Waals surface area contributed by atoms with Gasteiger partial charge in [-0.2, -0.15) is 0 Å². The van der Waals surface area contributed by atoms with Crippen molar-refractivity contribution in [2.75, 3.05) is 13.2 Å². The number of esters is 2. The largest absolute Gasteiger partial charge is 0.463 e. The molecule has 0 aliphatic rings. The molecule has 2 aromatic rings. The Hall–Kier alpha value is -3.14. The first-order valence-electron chi connectivity index (χ1n) is 10.7. The molecule has 168 valence electrons. The van der Waals surface area contributed by atoms with Gasteiger partial charge in [-0.1, -0.05) is 99.5 Å². The van der Waals surface area contributed by atoms with Crippen LogP contribution in [0.1, 0.15) is 50.7 Å². The fourth-order valence-electron chi connectivity index (χ4n) is 2.00. The van der Waals surface area contributed by atoms with E-state index in [1.165, 1.54) is 17.7 Å². The highest BCUT2D eigenvalue weighted by molar-refractivity contribution is 5.87. The van der Waals surface area contributed by atoms with Crippen LogP contribution in [0.15, 0.2) is 79.4 Å². The van der Waals surface area contributed by atoms with Crippen molar-refractivity contribution in [2.45, 2.75) is 46.5 Å². The van der Waals surface area contributed by atoms with Gasteiger partial charge in [0.25, 0.3) is 0 Å². The molecule has 0 heterocycles. The first-order chi connectivity index (χ1) is 15.0. The molecule has 0 fully saturated rings. The van der Waals surface area contributed by atoms with Crippen LogP contribution in [-0.4, -0.2) is 25.2 Å². The minimum Gasteiger partial charge on any atom is -0.463 e. The van der Waals surface area contributed by atoms with Crippen LogP contribution in [0.2, 0.25) is 0 Å². The van der Waals surface area contributed by atoms with Crippen molar-refractivity contribution in [1.29, 1.82) is 0 Å². The molecule has 0 amide bonds. The van der Waals surface area contributed by atoms with Gasteiger partial charge in [0.05, 0.1) is 13.2 Å². The van der Waals surface area contributed by atoms with E-state index in [2.05, 4.69) is 37.3 Å². The second kappa shape index (κ2) is 20.1. The third-order valence-electron chi connectivity index (χ3n) is 3.80. The van der Waals surface area contributed by atoms with Gasteiger partial charge in [0.15, 0.2) is 0 Å². The van der Waals surface area contributed by atoms with Gasteiger partial charge in [-0.15, -0.1) is 0 Å². The molecule has 2 aromatic carbocycles. The zero-order valence-electron chi connectivity index (χ0n) is 19.1. The zero-order valence-corrected chi connectivity index (χ0v) is 19.1. The van der Waals surface area contributed by atoms with Gasteiger partial charge in [0.1, 0.15) is 0 Å². The number of carbonyl (C=O) groups excluding carboxylic acids is 2. The number of ether oxygens (including phenoxy) is 2. The maximum Gasteiger partial charge on any atom is 0.330 e. The van der Waals surface area contributed by atoms with E-state index in [9.17, 15) is 9.59 Å². The average Bonchev–Trinajstić information content (AvgIpc) is 2.80. The maximum absolute atomic E-state index is 11.2. The predicted molar refractivity (Wildman–Crippen MR) is 129 cm³/mol. The van der Waals surface area contributed by atoms with Crippen molar-refractivity contribution < 1.29 is 19.1 Å². The van der Waals surface area contributed by atoms with Gasteiger partial charge in [-0.3, -0.25) is 0 Å². The summed E-state index contributed by atoms with van der Waals surface area (Å²) >= 11 is 0. The van der Waals surface area contributed by atoms with Gasteiger partial charge in [-0.05, 0) is 31.4 Å². The number of hydrogen-bond acceptors (Lipinski definition) is 4. The van der Waals surface area contributed by atoms with Gasteiger partial charge < -0.3 is 9.47 Å². The number of rotatable bonds is 9. The second-order valence-corrected chi connectivity index (χ2v) is 6.64. The SMILES string of the molecule is C=CC(=O)OCCCC.CCCCOC(=O)/C=C/c1ccccc1.Cc1ccccc1. The quantitative estimate of drug-likeness (QED) is 0.260. The number of hydrogen-bond donors (Lipinski definition) is 0. The Morgan fingerprint density at radius 1 is 0.806 bits per heavy atom. The molecule has 0 N–H and O–H groups in total. The molecule has 0 saturated heterocycles. The predicted octanol–water partition coefficient (Wildman–Crippen LogP) is 6.55. The number of benzene rings is 2. The van der Waals surface area contributed by atoms with E-state index in [4.69, 9.17) is 4.74 Å². The summed E-state index contributed by atoms with van der Waals surface area (Å²) in [7, 11) is 0. The van der Waals surface area contributed by atoms with E-state index in [1.54, 1.807) is 6.08 Å². The number of aryl methyl sites for hydroxylation is 1. The topological polar surface area (TPSA) is 52.6 Å². The highest BCUT2D eigenvalue weighted by Gasteiger charge is 1.95. The Kier molecular flexibility index (Phi) is 18.1. The van der Waals surface area contributed by atoms with Crippen LogP contribution in [0, 0.1) is 6.92 Å². The molecule has 4 nitrogen and oxygen atoms in total. The van der Waals surface area contributed by atoms with Crippen molar-refractivity contribution in [2.24, 2.45) is 0 Å². The van der Waals surface area contributed by atoms with Crippen LogP contribution in [0.3, 0.4) is 0 Å². The normalized spacial score (nSPS) is 9.52. The molecule has 4 heteroatoms. The molecular weight excluding hydrogens is 388 g/mol. The Morgan fingerprint density at radius 3 is 1.71 bits per heavy atom. The highest BCUT2D eigenvalue weighted by atomic mass is 16.5. The molecular formula is C27H36O4. The molecule has 0 bridgehead atoms.